The highest BCUT2D eigenvalue weighted by atomic mass is 16.5. The van der Waals surface area contributed by atoms with Gasteiger partial charge in [-0.2, -0.15) is 5.26 Å². The number of hydrogen-bond donors (Lipinski definition) is 2. The number of nitrogens with zero attached hydrogens (tertiary/aromatic N) is 2. The van der Waals surface area contributed by atoms with Crippen molar-refractivity contribution in [3.05, 3.63) is 0 Å². The zero-order valence-corrected chi connectivity index (χ0v) is 10.8. The molecular weight excluding hydrogens is 250 g/mol. The average Bonchev–Trinajstić information content (AvgIpc) is 2.38. The van der Waals surface area contributed by atoms with Crippen LogP contribution in [0.5, 0.6) is 0 Å². The maximum absolute atomic E-state index is 11.9. The lowest BCUT2D eigenvalue weighted by Crippen LogP contribution is -2.49. The fourth-order valence-electron chi connectivity index (χ4n) is 1.26. The molecule has 0 heterocycles. The Labute approximate surface area is 112 Å². The van der Waals surface area contributed by atoms with Crippen molar-refractivity contribution in [3.63, 3.8) is 0 Å². The number of nitriles is 1. The third-order valence-corrected chi connectivity index (χ3v) is 2.26. The average molecular weight is 267 g/mol. The normalized spacial score (nSPS) is 10.9. The first kappa shape index (κ1) is 16.8. The van der Waals surface area contributed by atoms with Gasteiger partial charge in [0.05, 0.1) is 19.1 Å². The van der Waals surface area contributed by atoms with Crippen molar-refractivity contribution >= 4 is 12.0 Å². The SMILES string of the molecule is C#CCC(NC(=O)N(CCC#N)CCOC)C(=O)O. The van der Waals surface area contributed by atoms with Gasteiger partial charge < -0.3 is 20.1 Å². The van der Waals surface area contributed by atoms with Crippen LogP contribution < -0.4 is 5.32 Å². The third-order valence-electron chi connectivity index (χ3n) is 2.26. The number of carbonyl (C=O) groups excluding carboxylic acids is 1. The number of ether oxygens (including phenoxy) is 1. The fraction of sp³-hybridized carbons (Fsp3) is 0.583. The van der Waals surface area contributed by atoms with Crippen molar-refractivity contribution in [1.82, 2.24) is 10.2 Å². The Kier molecular flexibility index (Phi) is 8.59. The van der Waals surface area contributed by atoms with Gasteiger partial charge in [0.15, 0.2) is 0 Å². The Hall–Kier alpha value is -2.25. The molecule has 2 amide bonds. The van der Waals surface area contributed by atoms with Gasteiger partial charge >= 0.3 is 12.0 Å². The molecule has 0 bridgehead atoms. The minimum atomic E-state index is -1.20. The first-order chi connectivity index (χ1) is 9.06. The second-order valence-corrected chi connectivity index (χ2v) is 3.64. The van der Waals surface area contributed by atoms with Gasteiger partial charge in [-0.1, -0.05) is 0 Å². The summed E-state index contributed by atoms with van der Waals surface area (Å²) in [6.45, 7) is 0.770. The Balaban J connectivity index is 4.55. The summed E-state index contributed by atoms with van der Waals surface area (Å²) in [5.74, 6) is 0.993. The zero-order chi connectivity index (χ0) is 14.7. The fourth-order valence-corrected chi connectivity index (χ4v) is 1.26. The molecule has 7 heteroatoms. The molecular formula is C12H17N3O4. The van der Waals surface area contributed by atoms with Gasteiger partial charge in [-0.05, 0) is 0 Å². The molecule has 0 rings (SSSR count). The van der Waals surface area contributed by atoms with Gasteiger partial charge in [-0.3, -0.25) is 0 Å². The molecule has 2 N–H and O–H groups in total. The molecule has 104 valence electrons. The van der Waals surface area contributed by atoms with E-state index in [-0.39, 0.29) is 25.9 Å². The molecule has 0 spiro atoms. The van der Waals surface area contributed by atoms with Crippen LogP contribution in [0, 0.1) is 23.7 Å². The number of carboxylic acid groups (broad SMARTS) is 1. The van der Waals surface area contributed by atoms with E-state index < -0.39 is 18.0 Å². The third kappa shape index (κ3) is 6.92. The van der Waals surface area contributed by atoms with Crippen LogP contribution in [-0.2, 0) is 9.53 Å². The van der Waals surface area contributed by atoms with Crippen LogP contribution in [0.4, 0.5) is 4.79 Å². The number of urea groups is 1. The lowest BCUT2D eigenvalue weighted by molar-refractivity contribution is -0.139. The first-order valence-electron chi connectivity index (χ1n) is 5.64. The molecule has 0 radical (unpaired) electrons. The van der Waals surface area contributed by atoms with Crippen molar-refractivity contribution < 1.29 is 19.4 Å². The van der Waals surface area contributed by atoms with Crippen molar-refractivity contribution in [2.24, 2.45) is 0 Å². The highest BCUT2D eigenvalue weighted by Crippen LogP contribution is 1.97. The van der Waals surface area contributed by atoms with E-state index in [1.54, 1.807) is 0 Å². The summed E-state index contributed by atoms with van der Waals surface area (Å²) >= 11 is 0. The van der Waals surface area contributed by atoms with Crippen molar-refractivity contribution in [2.45, 2.75) is 18.9 Å². The quantitative estimate of drug-likeness (QED) is 0.604. The molecule has 1 unspecified atom stereocenters. The highest BCUT2D eigenvalue weighted by molar-refractivity contribution is 5.82. The summed E-state index contributed by atoms with van der Waals surface area (Å²) < 4.78 is 4.85. The number of aliphatic carboxylic acids is 1. The molecule has 0 aromatic heterocycles. The summed E-state index contributed by atoms with van der Waals surface area (Å²) in [7, 11) is 1.48. The van der Waals surface area contributed by atoms with E-state index >= 15 is 0 Å². The van der Waals surface area contributed by atoms with Crippen LogP contribution in [0.2, 0.25) is 0 Å². The van der Waals surface area contributed by atoms with Gasteiger partial charge in [0.2, 0.25) is 0 Å². The number of methoxy groups -OCH3 is 1. The maximum atomic E-state index is 11.9. The van der Waals surface area contributed by atoms with E-state index in [9.17, 15) is 9.59 Å². The summed E-state index contributed by atoms with van der Waals surface area (Å²) in [6.07, 6.45) is 5.10. The summed E-state index contributed by atoms with van der Waals surface area (Å²) in [5, 5.41) is 19.7. The van der Waals surface area contributed by atoms with Crippen LogP contribution in [0.1, 0.15) is 12.8 Å². The number of amides is 2. The van der Waals surface area contributed by atoms with E-state index in [1.807, 2.05) is 6.07 Å². The van der Waals surface area contributed by atoms with Crippen LogP contribution in [-0.4, -0.2) is 54.9 Å². The van der Waals surface area contributed by atoms with Crippen molar-refractivity contribution in [3.8, 4) is 18.4 Å². The molecule has 0 saturated carbocycles. The van der Waals surface area contributed by atoms with Crippen LogP contribution >= 0.6 is 0 Å². The van der Waals surface area contributed by atoms with E-state index in [0.29, 0.717) is 6.61 Å². The second kappa shape index (κ2) is 9.75. The number of carbonyl (C=O) groups is 2. The van der Waals surface area contributed by atoms with Crippen LogP contribution in [0.15, 0.2) is 0 Å². The van der Waals surface area contributed by atoms with Crippen LogP contribution in [0.3, 0.4) is 0 Å². The topological polar surface area (TPSA) is 103 Å². The van der Waals surface area contributed by atoms with E-state index in [2.05, 4.69) is 11.2 Å². The summed E-state index contributed by atoms with van der Waals surface area (Å²) in [4.78, 5) is 24.1. The monoisotopic (exact) mass is 267 g/mol. The molecule has 0 saturated heterocycles. The Morgan fingerprint density at radius 1 is 1.53 bits per heavy atom. The first-order valence-corrected chi connectivity index (χ1v) is 5.64. The standard InChI is InChI=1S/C12H17N3O4/c1-3-5-10(11(16)17)14-12(18)15(7-4-6-13)8-9-19-2/h1,10H,4-5,7-9H2,2H3,(H,14,18)(H,16,17). The molecule has 19 heavy (non-hydrogen) atoms. The van der Waals surface area contributed by atoms with Crippen molar-refractivity contribution in [2.75, 3.05) is 26.8 Å². The van der Waals surface area contributed by atoms with Gasteiger partial charge in [0.25, 0.3) is 0 Å². The molecule has 0 aliphatic heterocycles. The van der Waals surface area contributed by atoms with Crippen LogP contribution in [0.25, 0.3) is 0 Å². The molecule has 0 aromatic carbocycles. The highest BCUT2D eigenvalue weighted by Gasteiger charge is 2.22. The number of carboxylic acids is 1. The summed E-state index contributed by atoms with van der Waals surface area (Å²) in [6, 6.07) is 0.211. The van der Waals surface area contributed by atoms with Gasteiger partial charge in [0, 0.05) is 26.6 Å². The number of nitrogens with one attached hydrogen (secondary N) is 1. The lowest BCUT2D eigenvalue weighted by atomic mass is 10.2. The predicted octanol–water partition coefficient (Wildman–Crippen LogP) is 0.0346. The zero-order valence-electron chi connectivity index (χ0n) is 10.8. The molecule has 7 nitrogen and oxygen atoms in total. The minimum absolute atomic E-state index is 0.0998. The predicted molar refractivity (Wildman–Crippen MR) is 67.1 cm³/mol. The minimum Gasteiger partial charge on any atom is -0.480 e. The smallest absolute Gasteiger partial charge is 0.327 e. The van der Waals surface area contributed by atoms with E-state index in [4.69, 9.17) is 21.5 Å². The molecule has 0 aromatic rings. The van der Waals surface area contributed by atoms with Crippen molar-refractivity contribution in [1.29, 1.82) is 5.26 Å². The molecule has 1 atom stereocenters. The van der Waals surface area contributed by atoms with Gasteiger partial charge in [-0.15, -0.1) is 12.3 Å². The lowest BCUT2D eigenvalue weighted by Gasteiger charge is -2.23. The maximum Gasteiger partial charge on any atom is 0.327 e. The molecule has 0 fully saturated rings. The van der Waals surface area contributed by atoms with Gasteiger partial charge in [0.1, 0.15) is 6.04 Å². The Morgan fingerprint density at radius 3 is 2.68 bits per heavy atom. The Morgan fingerprint density at radius 2 is 2.21 bits per heavy atom. The molecule has 0 aliphatic carbocycles. The van der Waals surface area contributed by atoms with Gasteiger partial charge in [-0.25, -0.2) is 9.59 Å². The second-order valence-electron chi connectivity index (χ2n) is 3.64. The number of hydrogen-bond acceptors (Lipinski definition) is 4. The summed E-state index contributed by atoms with van der Waals surface area (Å²) in [5.41, 5.74) is 0. The molecule has 0 aliphatic rings. The number of terminal acetylenes is 1. The number of rotatable bonds is 8. The Bertz CT molecular complexity index is 383. The largest absolute Gasteiger partial charge is 0.480 e. The van der Waals surface area contributed by atoms with E-state index in [1.165, 1.54) is 12.0 Å². The van der Waals surface area contributed by atoms with E-state index in [0.717, 1.165) is 0 Å².